The zero-order valence-electron chi connectivity index (χ0n) is 12.1. The van der Waals surface area contributed by atoms with E-state index in [4.69, 9.17) is 0 Å². The Morgan fingerprint density at radius 1 is 1.32 bits per heavy atom. The summed E-state index contributed by atoms with van der Waals surface area (Å²) < 4.78 is 26.6. The van der Waals surface area contributed by atoms with Crippen molar-refractivity contribution in [2.75, 3.05) is 6.54 Å². The number of nitrogens with one attached hydrogen (secondary N) is 1. The van der Waals surface area contributed by atoms with Crippen LogP contribution < -0.4 is 5.32 Å². The molecule has 5 nitrogen and oxygen atoms in total. The van der Waals surface area contributed by atoms with E-state index in [2.05, 4.69) is 15.3 Å². The van der Waals surface area contributed by atoms with Gasteiger partial charge in [0.05, 0.1) is 18.4 Å². The molecular weight excluding hydrogens is 292 g/mol. The van der Waals surface area contributed by atoms with Gasteiger partial charge in [0.1, 0.15) is 22.9 Å². The molecule has 1 amide bonds. The van der Waals surface area contributed by atoms with Gasteiger partial charge in [-0.25, -0.2) is 13.8 Å². The molecule has 1 aromatic heterocycles. The SMILES string of the molecule is Cc1cnc(C(=O)NCC(C)(O)c2ccc(F)cc2F)cn1. The molecule has 0 aliphatic rings. The van der Waals surface area contributed by atoms with Crippen molar-refractivity contribution in [3.8, 4) is 0 Å². The fourth-order valence-electron chi connectivity index (χ4n) is 1.87. The molecule has 0 saturated heterocycles. The van der Waals surface area contributed by atoms with E-state index in [1.54, 1.807) is 6.92 Å². The van der Waals surface area contributed by atoms with E-state index in [0.29, 0.717) is 11.8 Å². The Kier molecular flexibility index (Phi) is 4.46. The van der Waals surface area contributed by atoms with Crippen molar-refractivity contribution in [3.05, 3.63) is 59.2 Å². The third-order valence-electron chi connectivity index (χ3n) is 3.12. The number of aromatic nitrogens is 2. The monoisotopic (exact) mass is 307 g/mol. The van der Waals surface area contributed by atoms with Gasteiger partial charge in [-0.1, -0.05) is 6.07 Å². The number of carbonyl (C=O) groups excluding carboxylic acids is 1. The molecule has 0 aliphatic carbocycles. The minimum atomic E-state index is -1.69. The second kappa shape index (κ2) is 6.15. The normalized spacial score (nSPS) is 13.5. The standard InChI is InChI=1S/C15H15F2N3O2/c1-9-6-19-13(7-18-9)14(21)20-8-15(2,22)11-4-3-10(16)5-12(11)17/h3-7,22H,8H2,1-2H3,(H,20,21). The summed E-state index contributed by atoms with van der Waals surface area (Å²) in [6, 6.07) is 2.86. The lowest BCUT2D eigenvalue weighted by Crippen LogP contribution is -2.39. The molecule has 0 bridgehead atoms. The van der Waals surface area contributed by atoms with E-state index >= 15 is 0 Å². The largest absolute Gasteiger partial charge is 0.383 e. The Bertz CT molecular complexity index is 688. The number of amides is 1. The molecule has 1 aromatic carbocycles. The minimum absolute atomic E-state index is 0.0842. The minimum Gasteiger partial charge on any atom is -0.383 e. The van der Waals surface area contributed by atoms with Crippen LogP contribution in [0.5, 0.6) is 0 Å². The fraction of sp³-hybridized carbons (Fsp3) is 0.267. The molecule has 0 saturated carbocycles. The number of carbonyl (C=O) groups is 1. The molecule has 0 radical (unpaired) electrons. The lowest BCUT2D eigenvalue weighted by atomic mass is 9.95. The number of aliphatic hydroxyl groups is 1. The van der Waals surface area contributed by atoms with Crippen molar-refractivity contribution in [1.29, 1.82) is 0 Å². The van der Waals surface area contributed by atoms with Crippen LogP contribution in [-0.2, 0) is 5.60 Å². The van der Waals surface area contributed by atoms with Crippen LogP contribution in [0.15, 0.2) is 30.6 Å². The Labute approximate surface area is 126 Å². The van der Waals surface area contributed by atoms with E-state index in [9.17, 15) is 18.7 Å². The van der Waals surface area contributed by atoms with Crippen LogP contribution in [0, 0.1) is 18.6 Å². The molecule has 0 aliphatic heterocycles. The second-order valence-electron chi connectivity index (χ2n) is 5.12. The van der Waals surface area contributed by atoms with Crippen molar-refractivity contribution in [2.24, 2.45) is 0 Å². The van der Waals surface area contributed by atoms with Gasteiger partial charge < -0.3 is 10.4 Å². The quantitative estimate of drug-likeness (QED) is 0.901. The van der Waals surface area contributed by atoms with E-state index in [1.165, 1.54) is 19.3 Å². The van der Waals surface area contributed by atoms with Gasteiger partial charge in [0.25, 0.3) is 5.91 Å². The Hall–Kier alpha value is -2.41. The summed E-state index contributed by atoms with van der Waals surface area (Å²) in [7, 11) is 0. The maximum absolute atomic E-state index is 13.7. The van der Waals surface area contributed by atoms with Crippen LogP contribution in [0.3, 0.4) is 0 Å². The number of nitrogens with zero attached hydrogens (tertiary/aromatic N) is 2. The third-order valence-corrected chi connectivity index (χ3v) is 3.12. The number of halogens is 2. The molecular formula is C15H15F2N3O2. The number of hydrogen-bond donors (Lipinski definition) is 2. The van der Waals surface area contributed by atoms with Crippen molar-refractivity contribution < 1.29 is 18.7 Å². The van der Waals surface area contributed by atoms with Gasteiger partial charge in [0.2, 0.25) is 0 Å². The van der Waals surface area contributed by atoms with Crippen LogP contribution in [0.2, 0.25) is 0 Å². The Balaban J connectivity index is 2.08. The average molecular weight is 307 g/mol. The van der Waals surface area contributed by atoms with Gasteiger partial charge >= 0.3 is 0 Å². The summed E-state index contributed by atoms with van der Waals surface area (Å²) >= 11 is 0. The lowest BCUT2D eigenvalue weighted by Gasteiger charge is -2.24. The van der Waals surface area contributed by atoms with Crippen LogP contribution in [-0.4, -0.2) is 27.5 Å². The maximum Gasteiger partial charge on any atom is 0.271 e. The molecule has 1 atom stereocenters. The first kappa shape index (κ1) is 16.0. The number of rotatable bonds is 4. The predicted molar refractivity (Wildman–Crippen MR) is 75.0 cm³/mol. The second-order valence-corrected chi connectivity index (χ2v) is 5.12. The summed E-state index contributed by atoms with van der Waals surface area (Å²) in [4.78, 5) is 19.7. The van der Waals surface area contributed by atoms with Gasteiger partial charge in [-0.3, -0.25) is 9.78 Å². The highest BCUT2D eigenvalue weighted by molar-refractivity contribution is 5.91. The van der Waals surface area contributed by atoms with Gasteiger partial charge in [0.15, 0.2) is 0 Å². The van der Waals surface area contributed by atoms with Crippen molar-refractivity contribution in [2.45, 2.75) is 19.4 Å². The van der Waals surface area contributed by atoms with E-state index in [1.807, 2.05) is 0 Å². The zero-order valence-corrected chi connectivity index (χ0v) is 12.1. The predicted octanol–water partition coefficient (Wildman–Crippen LogP) is 1.70. The van der Waals surface area contributed by atoms with Crippen LogP contribution in [0.4, 0.5) is 8.78 Å². The highest BCUT2D eigenvalue weighted by Gasteiger charge is 2.27. The van der Waals surface area contributed by atoms with Crippen LogP contribution in [0.25, 0.3) is 0 Å². The summed E-state index contributed by atoms with van der Waals surface area (Å²) in [5.41, 5.74) is -1.05. The number of hydrogen-bond acceptors (Lipinski definition) is 4. The summed E-state index contributed by atoms with van der Waals surface area (Å²) in [6.45, 7) is 2.80. The van der Waals surface area contributed by atoms with Gasteiger partial charge in [-0.15, -0.1) is 0 Å². The highest BCUT2D eigenvalue weighted by Crippen LogP contribution is 2.23. The topological polar surface area (TPSA) is 75.1 Å². The number of benzene rings is 1. The fourth-order valence-corrected chi connectivity index (χ4v) is 1.87. The molecule has 2 N–H and O–H groups in total. The molecule has 1 heterocycles. The maximum atomic E-state index is 13.7. The van der Waals surface area contributed by atoms with Crippen molar-refractivity contribution in [1.82, 2.24) is 15.3 Å². The van der Waals surface area contributed by atoms with E-state index in [-0.39, 0.29) is 17.8 Å². The summed E-state index contributed by atoms with van der Waals surface area (Å²) in [6.07, 6.45) is 2.74. The van der Waals surface area contributed by atoms with Crippen LogP contribution >= 0.6 is 0 Å². The zero-order chi connectivity index (χ0) is 16.3. The lowest BCUT2D eigenvalue weighted by molar-refractivity contribution is 0.0493. The van der Waals surface area contributed by atoms with E-state index in [0.717, 1.165) is 12.1 Å². The van der Waals surface area contributed by atoms with Gasteiger partial charge in [-0.05, 0) is 19.9 Å². The molecule has 7 heteroatoms. The first-order chi connectivity index (χ1) is 10.3. The van der Waals surface area contributed by atoms with Crippen molar-refractivity contribution in [3.63, 3.8) is 0 Å². The molecule has 1 unspecified atom stereocenters. The molecule has 2 rings (SSSR count). The first-order valence-electron chi connectivity index (χ1n) is 6.54. The molecule has 2 aromatic rings. The molecule has 116 valence electrons. The van der Waals surface area contributed by atoms with Crippen LogP contribution in [0.1, 0.15) is 28.7 Å². The molecule has 0 spiro atoms. The summed E-state index contributed by atoms with van der Waals surface area (Å²) in [5, 5.41) is 12.7. The average Bonchev–Trinajstić information content (AvgIpc) is 2.45. The Morgan fingerprint density at radius 2 is 2.05 bits per heavy atom. The third kappa shape index (κ3) is 3.62. The smallest absolute Gasteiger partial charge is 0.271 e. The number of aryl methyl sites for hydroxylation is 1. The Morgan fingerprint density at radius 3 is 2.64 bits per heavy atom. The summed E-state index contributed by atoms with van der Waals surface area (Å²) in [5.74, 6) is -2.17. The molecule has 0 fully saturated rings. The van der Waals surface area contributed by atoms with Gasteiger partial charge in [-0.2, -0.15) is 0 Å². The highest BCUT2D eigenvalue weighted by atomic mass is 19.1. The molecule has 22 heavy (non-hydrogen) atoms. The van der Waals surface area contributed by atoms with Crippen molar-refractivity contribution >= 4 is 5.91 Å². The first-order valence-corrected chi connectivity index (χ1v) is 6.54. The van der Waals surface area contributed by atoms with E-state index < -0.39 is 23.1 Å². The van der Waals surface area contributed by atoms with Gasteiger partial charge in [0, 0.05) is 17.8 Å².